The van der Waals surface area contributed by atoms with Gasteiger partial charge in [0.15, 0.2) is 0 Å². The lowest BCUT2D eigenvalue weighted by Gasteiger charge is -2.37. The first-order valence-corrected chi connectivity index (χ1v) is 8.19. The number of amides is 2. The summed E-state index contributed by atoms with van der Waals surface area (Å²) in [6.45, 7) is 0.189. The van der Waals surface area contributed by atoms with Gasteiger partial charge in [-0.25, -0.2) is 0 Å². The molecule has 8 heteroatoms. The second-order valence-electron chi connectivity index (χ2n) is 6.92. The quantitative estimate of drug-likeness (QED) is 0.811. The molecule has 0 bridgehead atoms. The molecular weight excluding hydrogens is 311 g/mol. The zero-order valence-electron chi connectivity index (χ0n) is 12.9. The van der Waals surface area contributed by atoms with Gasteiger partial charge < -0.3 is 15.5 Å². The normalized spacial score (nSPS) is 34.6. The molecule has 2 saturated heterocycles. The van der Waals surface area contributed by atoms with Gasteiger partial charge in [0.05, 0.1) is 5.41 Å². The van der Waals surface area contributed by atoms with Crippen molar-refractivity contribution in [1.29, 1.82) is 0 Å². The Hall–Kier alpha value is -1.31. The highest BCUT2D eigenvalue weighted by Gasteiger charge is 2.51. The summed E-state index contributed by atoms with van der Waals surface area (Å²) in [5.74, 6) is -0.524. The number of likely N-dealkylation sites (tertiary alicyclic amines) is 1. The van der Waals surface area contributed by atoms with Gasteiger partial charge in [-0.05, 0) is 31.7 Å². The van der Waals surface area contributed by atoms with Crippen LogP contribution in [0.3, 0.4) is 0 Å². The number of rotatable bonds is 3. The molecule has 2 aliphatic heterocycles. The van der Waals surface area contributed by atoms with Crippen molar-refractivity contribution in [3.8, 4) is 0 Å². The van der Waals surface area contributed by atoms with E-state index in [0.29, 0.717) is 6.54 Å². The zero-order chi connectivity index (χ0) is 16.7. The van der Waals surface area contributed by atoms with Gasteiger partial charge in [0.2, 0.25) is 11.8 Å². The number of hydrogen-bond donors (Lipinski definition) is 2. The monoisotopic (exact) mass is 333 g/mol. The van der Waals surface area contributed by atoms with Crippen molar-refractivity contribution in [2.45, 2.75) is 44.3 Å². The summed E-state index contributed by atoms with van der Waals surface area (Å²) in [6, 6.07) is -0.817. The van der Waals surface area contributed by atoms with Crippen LogP contribution in [0, 0.1) is 11.3 Å². The maximum atomic E-state index is 12.8. The van der Waals surface area contributed by atoms with E-state index < -0.39 is 30.1 Å². The molecule has 3 aliphatic rings. The molecule has 130 valence electrons. The Balaban J connectivity index is 1.63. The molecule has 0 aromatic rings. The van der Waals surface area contributed by atoms with Gasteiger partial charge in [0, 0.05) is 13.1 Å². The topological polar surface area (TPSA) is 61.4 Å². The van der Waals surface area contributed by atoms with Crippen LogP contribution >= 0.6 is 0 Å². The van der Waals surface area contributed by atoms with Gasteiger partial charge >= 0.3 is 6.18 Å². The summed E-state index contributed by atoms with van der Waals surface area (Å²) in [5.41, 5.74) is -0.490. The predicted molar refractivity (Wildman–Crippen MR) is 76.4 cm³/mol. The number of carbonyl (C=O) groups is 2. The minimum Gasteiger partial charge on any atom is -0.344 e. The summed E-state index contributed by atoms with van der Waals surface area (Å²) in [6.07, 6.45) is -0.317. The minimum absolute atomic E-state index is 0.0397. The van der Waals surface area contributed by atoms with Crippen molar-refractivity contribution in [3.63, 3.8) is 0 Å². The highest BCUT2D eigenvalue weighted by Crippen LogP contribution is 2.44. The molecule has 1 saturated carbocycles. The highest BCUT2D eigenvalue weighted by molar-refractivity contribution is 5.91. The van der Waals surface area contributed by atoms with Crippen LogP contribution in [-0.4, -0.2) is 55.1 Å². The Morgan fingerprint density at radius 3 is 2.87 bits per heavy atom. The average molecular weight is 333 g/mol. The zero-order valence-corrected chi connectivity index (χ0v) is 12.9. The third-order valence-corrected chi connectivity index (χ3v) is 5.46. The van der Waals surface area contributed by atoms with Crippen LogP contribution in [0.15, 0.2) is 0 Å². The number of fused-ring (bicyclic) bond motifs is 1. The average Bonchev–Trinajstić information content (AvgIpc) is 3.05. The SMILES string of the molecule is O=C1C(NC(=O)[C@@]23CCCC[C@H]2CNC3)CCN1CC(F)(F)F. The Morgan fingerprint density at radius 2 is 2.13 bits per heavy atom. The van der Waals surface area contributed by atoms with Gasteiger partial charge in [-0.15, -0.1) is 0 Å². The van der Waals surface area contributed by atoms with E-state index in [1.54, 1.807) is 0 Å². The van der Waals surface area contributed by atoms with E-state index in [-0.39, 0.29) is 24.8 Å². The summed E-state index contributed by atoms with van der Waals surface area (Å²) < 4.78 is 37.3. The maximum absolute atomic E-state index is 12.8. The third-order valence-electron chi connectivity index (χ3n) is 5.46. The lowest BCUT2D eigenvalue weighted by Crippen LogP contribution is -2.52. The lowest BCUT2D eigenvalue weighted by molar-refractivity contribution is -0.158. The van der Waals surface area contributed by atoms with Gasteiger partial charge in [-0.2, -0.15) is 13.2 Å². The number of alkyl halides is 3. The number of halogens is 3. The fourth-order valence-electron chi connectivity index (χ4n) is 4.24. The van der Waals surface area contributed by atoms with Gasteiger partial charge in [0.1, 0.15) is 12.6 Å². The molecule has 1 unspecified atom stereocenters. The standard InChI is InChI=1S/C15H22F3N3O2/c16-15(17,18)9-21-6-4-11(12(21)22)20-13(23)14-5-2-1-3-10(14)7-19-8-14/h10-11,19H,1-9H2,(H,20,23)/t10-,11?,14+/m0/s1. The molecule has 2 N–H and O–H groups in total. The van der Waals surface area contributed by atoms with Crippen LogP contribution < -0.4 is 10.6 Å². The van der Waals surface area contributed by atoms with Crippen molar-refractivity contribution >= 4 is 11.8 Å². The van der Waals surface area contributed by atoms with Gasteiger partial charge in [-0.3, -0.25) is 9.59 Å². The van der Waals surface area contributed by atoms with E-state index in [1.807, 2.05) is 0 Å². The van der Waals surface area contributed by atoms with Crippen molar-refractivity contribution in [1.82, 2.24) is 15.5 Å². The maximum Gasteiger partial charge on any atom is 0.406 e. The fraction of sp³-hybridized carbons (Fsp3) is 0.867. The Bertz CT molecular complexity index is 497. The second kappa shape index (κ2) is 5.96. The molecule has 0 radical (unpaired) electrons. The smallest absolute Gasteiger partial charge is 0.344 e. The highest BCUT2D eigenvalue weighted by atomic mass is 19.4. The van der Waals surface area contributed by atoms with Crippen LogP contribution in [0.2, 0.25) is 0 Å². The Kier molecular flexibility index (Phi) is 4.29. The molecule has 3 atom stereocenters. The number of nitrogens with zero attached hydrogens (tertiary/aromatic N) is 1. The molecular formula is C15H22F3N3O2. The Morgan fingerprint density at radius 1 is 1.35 bits per heavy atom. The first-order valence-electron chi connectivity index (χ1n) is 8.19. The summed E-state index contributed by atoms with van der Waals surface area (Å²) in [4.78, 5) is 25.6. The van der Waals surface area contributed by atoms with Crippen LogP contribution in [0.1, 0.15) is 32.1 Å². The van der Waals surface area contributed by atoms with E-state index >= 15 is 0 Å². The molecule has 2 heterocycles. The van der Waals surface area contributed by atoms with Crippen molar-refractivity contribution in [3.05, 3.63) is 0 Å². The first-order chi connectivity index (χ1) is 10.8. The van der Waals surface area contributed by atoms with E-state index in [1.165, 1.54) is 0 Å². The Labute approximate surface area is 133 Å². The van der Waals surface area contributed by atoms with E-state index in [4.69, 9.17) is 0 Å². The fourth-order valence-corrected chi connectivity index (χ4v) is 4.24. The van der Waals surface area contributed by atoms with E-state index in [0.717, 1.165) is 37.1 Å². The van der Waals surface area contributed by atoms with Gasteiger partial charge in [-0.1, -0.05) is 12.8 Å². The molecule has 5 nitrogen and oxygen atoms in total. The van der Waals surface area contributed by atoms with Crippen LogP contribution in [0.25, 0.3) is 0 Å². The van der Waals surface area contributed by atoms with E-state index in [2.05, 4.69) is 10.6 Å². The molecule has 23 heavy (non-hydrogen) atoms. The minimum atomic E-state index is -4.41. The molecule has 0 aromatic carbocycles. The second-order valence-corrected chi connectivity index (χ2v) is 6.92. The van der Waals surface area contributed by atoms with Crippen molar-refractivity contribution in [2.75, 3.05) is 26.2 Å². The van der Waals surface area contributed by atoms with Crippen LogP contribution in [0.5, 0.6) is 0 Å². The predicted octanol–water partition coefficient (Wildman–Crippen LogP) is 1.05. The number of nitrogens with one attached hydrogen (secondary N) is 2. The molecule has 0 aromatic heterocycles. The van der Waals surface area contributed by atoms with E-state index in [9.17, 15) is 22.8 Å². The molecule has 3 rings (SSSR count). The van der Waals surface area contributed by atoms with Crippen LogP contribution in [0.4, 0.5) is 13.2 Å². The molecule has 2 amide bonds. The summed E-state index contributed by atoms with van der Waals surface area (Å²) in [7, 11) is 0. The van der Waals surface area contributed by atoms with Crippen molar-refractivity contribution < 1.29 is 22.8 Å². The number of carbonyl (C=O) groups excluding carboxylic acids is 2. The largest absolute Gasteiger partial charge is 0.406 e. The van der Waals surface area contributed by atoms with Crippen LogP contribution in [-0.2, 0) is 9.59 Å². The summed E-state index contributed by atoms with van der Waals surface area (Å²) >= 11 is 0. The molecule has 0 spiro atoms. The van der Waals surface area contributed by atoms with Crippen molar-refractivity contribution in [2.24, 2.45) is 11.3 Å². The van der Waals surface area contributed by atoms with Gasteiger partial charge in [0.25, 0.3) is 0 Å². The lowest BCUT2D eigenvalue weighted by atomic mass is 9.67. The number of hydrogen-bond acceptors (Lipinski definition) is 3. The molecule has 3 fully saturated rings. The third kappa shape index (κ3) is 3.18. The summed E-state index contributed by atoms with van der Waals surface area (Å²) in [5, 5.41) is 6.00. The molecule has 1 aliphatic carbocycles. The first kappa shape index (κ1) is 16.5.